The van der Waals surface area contributed by atoms with Gasteiger partial charge in [0.05, 0.1) is 0 Å². The standard InChI is InChI=1S/C29H32N4O2/c1-21-27(18-22-6-8-25(9-7-22)29(34)31-35)26-4-2-3-5-28(26)33(21)20-24-12-16-32(17-13-24)19-23-10-14-30-15-11-23/h2-11,14-15,24,35H,12-13,16-20H2,1H3,(H,31,34). The third-order valence-corrected chi connectivity index (χ3v) is 7.36. The van der Waals surface area contributed by atoms with Gasteiger partial charge in [0.2, 0.25) is 0 Å². The molecule has 3 heterocycles. The SMILES string of the molecule is Cc1c(Cc2ccc(C(=O)NO)cc2)c2ccccc2n1CC1CCN(Cc2ccncc2)CC1. The second-order valence-electron chi connectivity index (χ2n) is 9.58. The van der Waals surface area contributed by atoms with Crippen LogP contribution in [0, 0.1) is 12.8 Å². The molecule has 0 unspecified atom stereocenters. The molecule has 0 radical (unpaired) electrons. The van der Waals surface area contributed by atoms with Crippen molar-refractivity contribution in [3.05, 3.63) is 101 Å². The molecule has 0 aliphatic carbocycles. The zero-order valence-corrected chi connectivity index (χ0v) is 20.2. The molecule has 1 fully saturated rings. The summed E-state index contributed by atoms with van der Waals surface area (Å²) in [5, 5.41) is 10.2. The number of amides is 1. The van der Waals surface area contributed by atoms with Gasteiger partial charge >= 0.3 is 0 Å². The van der Waals surface area contributed by atoms with Gasteiger partial charge in [0.1, 0.15) is 0 Å². The molecular formula is C29H32N4O2. The van der Waals surface area contributed by atoms with Gasteiger partial charge in [-0.3, -0.25) is 19.9 Å². The van der Waals surface area contributed by atoms with Crippen molar-refractivity contribution in [1.29, 1.82) is 0 Å². The van der Waals surface area contributed by atoms with E-state index in [1.165, 1.54) is 40.6 Å². The second-order valence-corrected chi connectivity index (χ2v) is 9.58. The Balaban J connectivity index is 1.30. The number of hydrogen-bond acceptors (Lipinski definition) is 4. The highest BCUT2D eigenvalue weighted by Crippen LogP contribution is 2.31. The lowest BCUT2D eigenvalue weighted by molar-refractivity contribution is 0.0706. The maximum atomic E-state index is 11.6. The average Bonchev–Trinajstić information content (AvgIpc) is 3.16. The highest BCUT2D eigenvalue weighted by molar-refractivity contribution is 5.93. The first-order chi connectivity index (χ1) is 17.1. The molecule has 2 aromatic heterocycles. The van der Waals surface area contributed by atoms with Crippen LogP contribution in [0.2, 0.25) is 0 Å². The quantitative estimate of drug-likeness (QED) is 0.297. The van der Waals surface area contributed by atoms with E-state index in [0.717, 1.165) is 38.2 Å². The molecule has 1 amide bonds. The zero-order valence-electron chi connectivity index (χ0n) is 20.2. The van der Waals surface area contributed by atoms with Crippen molar-refractivity contribution >= 4 is 16.8 Å². The third kappa shape index (κ3) is 5.14. The van der Waals surface area contributed by atoms with Gasteiger partial charge in [0.15, 0.2) is 0 Å². The Morgan fingerprint density at radius 1 is 1.00 bits per heavy atom. The van der Waals surface area contributed by atoms with Crippen LogP contribution in [0.1, 0.15) is 45.6 Å². The first-order valence-corrected chi connectivity index (χ1v) is 12.3. The molecule has 2 aromatic carbocycles. The number of rotatable bonds is 7. The zero-order chi connectivity index (χ0) is 24.2. The van der Waals surface area contributed by atoms with Gasteiger partial charge in [-0.15, -0.1) is 0 Å². The predicted molar refractivity (Wildman–Crippen MR) is 137 cm³/mol. The van der Waals surface area contributed by atoms with Crippen LogP contribution in [0.25, 0.3) is 10.9 Å². The number of likely N-dealkylation sites (tertiary alicyclic amines) is 1. The van der Waals surface area contributed by atoms with E-state index in [1.54, 1.807) is 17.6 Å². The van der Waals surface area contributed by atoms with Gasteiger partial charge in [0, 0.05) is 47.6 Å². The lowest BCUT2D eigenvalue weighted by atomic mass is 9.96. The van der Waals surface area contributed by atoms with Gasteiger partial charge in [-0.05, 0) is 92.2 Å². The summed E-state index contributed by atoms with van der Waals surface area (Å²) in [6, 6.07) is 20.4. The average molecular weight is 469 g/mol. The van der Waals surface area contributed by atoms with Crippen molar-refractivity contribution in [3.8, 4) is 0 Å². The summed E-state index contributed by atoms with van der Waals surface area (Å²) in [5.74, 6) is 0.179. The van der Waals surface area contributed by atoms with E-state index in [-0.39, 0.29) is 0 Å². The van der Waals surface area contributed by atoms with Gasteiger partial charge in [-0.1, -0.05) is 30.3 Å². The molecule has 0 saturated carbocycles. The second kappa shape index (κ2) is 10.4. The number of piperidine rings is 1. The number of carbonyl (C=O) groups excluding carboxylic acids is 1. The van der Waals surface area contributed by atoms with E-state index in [1.807, 2.05) is 24.5 Å². The topological polar surface area (TPSA) is 70.4 Å². The van der Waals surface area contributed by atoms with E-state index in [9.17, 15) is 4.79 Å². The molecule has 4 aromatic rings. The molecule has 1 aliphatic heterocycles. The number of fused-ring (bicyclic) bond motifs is 1. The molecule has 6 heteroatoms. The number of benzene rings is 2. The monoisotopic (exact) mass is 468 g/mol. The minimum atomic E-state index is -0.490. The van der Waals surface area contributed by atoms with Crippen LogP contribution in [-0.2, 0) is 19.5 Å². The van der Waals surface area contributed by atoms with Crippen LogP contribution >= 0.6 is 0 Å². The van der Waals surface area contributed by atoms with Gasteiger partial charge in [-0.2, -0.15) is 0 Å². The Morgan fingerprint density at radius 3 is 2.43 bits per heavy atom. The van der Waals surface area contributed by atoms with Crippen molar-refractivity contribution < 1.29 is 10.0 Å². The fourth-order valence-corrected chi connectivity index (χ4v) is 5.34. The minimum Gasteiger partial charge on any atom is -0.344 e. The first kappa shape index (κ1) is 23.3. The van der Waals surface area contributed by atoms with Crippen LogP contribution in [0.4, 0.5) is 0 Å². The Bertz CT molecular complexity index is 1290. The fraction of sp³-hybridized carbons (Fsp3) is 0.310. The maximum Gasteiger partial charge on any atom is 0.274 e. The van der Waals surface area contributed by atoms with Crippen molar-refractivity contribution in [2.24, 2.45) is 5.92 Å². The summed E-state index contributed by atoms with van der Waals surface area (Å²) >= 11 is 0. The highest BCUT2D eigenvalue weighted by Gasteiger charge is 2.22. The molecular weight excluding hydrogens is 436 g/mol. The summed E-state index contributed by atoms with van der Waals surface area (Å²) in [5.41, 5.74) is 8.59. The number of carbonyl (C=O) groups is 1. The minimum absolute atomic E-state index is 0.450. The van der Waals surface area contributed by atoms with E-state index in [4.69, 9.17) is 5.21 Å². The normalized spacial score (nSPS) is 14.9. The van der Waals surface area contributed by atoms with Crippen LogP contribution in [-0.4, -0.2) is 38.7 Å². The summed E-state index contributed by atoms with van der Waals surface area (Å²) in [6.45, 7) is 6.55. The van der Waals surface area contributed by atoms with Crippen LogP contribution in [0.5, 0.6) is 0 Å². The van der Waals surface area contributed by atoms with E-state index in [2.05, 4.69) is 57.8 Å². The number of para-hydroxylation sites is 1. The number of pyridine rings is 1. The number of nitrogens with zero attached hydrogens (tertiary/aromatic N) is 3. The maximum absolute atomic E-state index is 11.6. The Morgan fingerprint density at radius 2 is 1.71 bits per heavy atom. The third-order valence-electron chi connectivity index (χ3n) is 7.36. The summed E-state index contributed by atoms with van der Waals surface area (Å²) in [7, 11) is 0. The van der Waals surface area contributed by atoms with Crippen molar-refractivity contribution in [2.45, 2.75) is 39.3 Å². The van der Waals surface area contributed by atoms with E-state index in [0.29, 0.717) is 11.5 Å². The molecule has 0 atom stereocenters. The molecule has 0 bridgehead atoms. The molecule has 1 aliphatic rings. The lowest BCUT2D eigenvalue weighted by Gasteiger charge is -2.32. The number of aromatic nitrogens is 2. The molecule has 2 N–H and O–H groups in total. The molecule has 6 nitrogen and oxygen atoms in total. The van der Waals surface area contributed by atoms with Crippen molar-refractivity contribution in [3.63, 3.8) is 0 Å². The summed E-state index contributed by atoms with van der Waals surface area (Å²) in [4.78, 5) is 18.3. The Labute approximate surface area is 206 Å². The smallest absolute Gasteiger partial charge is 0.274 e. The van der Waals surface area contributed by atoms with Crippen molar-refractivity contribution in [1.82, 2.24) is 19.9 Å². The van der Waals surface area contributed by atoms with Gasteiger partial charge in [-0.25, -0.2) is 5.48 Å². The number of nitrogens with one attached hydrogen (secondary N) is 1. The highest BCUT2D eigenvalue weighted by atomic mass is 16.5. The van der Waals surface area contributed by atoms with Gasteiger partial charge in [0.25, 0.3) is 5.91 Å². The number of hydrogen-bond donors (Lipinski definition) is 2. The largest absolute Gasteiger partial charge is 0.344 e. The fourth-order valence-electron chi connectivity index (χ4n) is 5.34. The molecule has 5 rings (SSSR count). The van der Waals surface area contributed by atoms with Gasteiger partial charge < -0.3 is 4.57 Å². The van der Waals surface area contributed by atoms with Crippen LogP contribution in [0.15, 0.2) is 73.1 Å². The lowest BCUT2D eigenvalue weighted by Crippen LogP contribution is -2.34. The summed E-state index contributed by atoms with van der Waals surface area (Å²) in [6.07, 6.45) is 6.98. The Kier molecular flexibility index (Phi) is 6.93. The van der Waals surface area contributed by atoms with E-state index < -0.39 is 5.91 Å². The molecule has 180 valence electrons. The van der Waals surface area contributed by atoms with Crippen molar-refractivity contribution in [2.75, 3.05) is 13.1 Å². The number of hydroxylamine groups is 1. The molecule has 0 spiro atoms. The molecule has 35 heavy (non-hydrogen) atoms. The van der Waals surface area contributed by atoms with Crippen LogP contribution in [0.3, 0.4) is 0 Å². The molecule has 1 saturated heterocycles. The Hall–Kier alpha value is -3.48. The first-order valence-electron chi connectivity index (χ1n) is 12.3. The van der Waals surface area contributed by atoms with Crippen LogP contribution < -0.4 is 5.48 Å². The predicted octanol–water partition coefficient (Wildman–Crippen LogP) is 4.97. The van der Waals surface area contributed by atoms with E-state index >= 15 is 0 Å². The summed E-state index contributed by atoms with van der Waals surface area (Å²) < 4.78 is 2.52.